The van der Waals surface area contributed by atoms with Crippen LogP contribution in [0.2, 0.25) is 0 Å². The quantitative estimate of drug-likeness (QED) is 0.826. The van der Waals surface area contributed by atoms with Crippen molar-refractivity contribution in [2.45, 2.75) is 31.6 Å². The number of benzene rings is 1. The maximum Gasteiger partial charge on any atom is 0.263 e. The van der Waals surface area contributed by atoms with E-state index in [1.54, 1.807) is 12.1 Å². The summed E-state index contributed by atoms with van der Waals surface area (Å²) in [6.45, 7) is 4.43. The van der Waals surface area contributed by atoms with Crippen molar-refractivity contribution in [1.29, 1.82) is 0 Å². The summed E-state index contributed by atoms with van der Waals surface area (Å²) >= 11 is 0. The van der Waals surface area contributed by atoms with Crippen molar-refractivity contribution < 1.29 is 13.2 Å². The van der Waals surface area contributed by atoms with Crippen molar-refractivity contribution in [3.8, 4) is 0 Å². The number of sulfonamides is 1. The van der Waals surface area contributed by atoms with Crippen LogP contribution >= 0.6 is 0 Å². The molecule has 1 aromatic carbocycles. The van der Waals surface area contributed by atoms with E-state index in [0.29, 0.717) is 12.2 Å². The van der Waals surface area contributed by atoms with Gasteiger partial charge in [0.2, 0.25) is 0 Å². The fraction of sp³-hybridized carbons (Fsp3) is 0.462. The molecule has 0 atom stereocenters. The first-order valence-electron chi connectivity index (χ1n) is 6.28. The first-order valence-corrected chi connectivity index (χ1v) is 7.72. The number of carbonyl (C=O) groups is 1. The topological polar surface area (TPSA) is 66.5 Å². The van der Waals surface area contributed by atoms with E-state index >= 15 is 0 Å². The molecule has 1 aromatic rings. The van der Waals surface area contributed by atoms with Crippen molar-refractivity contribution in [2.75, 3.05) is 10.8 Å². The smallest absolute Gasteiger partial charge is 0.263 e. The zero-order valence-electron chi connectivity index (χ0n) is 10.9. The van der Waals surface area contributed by atoms with Gasteiger partial charge >= 0.3 is 0 Å². The molecule has 102 valence electrons. The molecule has 6 heteroatoms. The van der Waals surface area contributed by atoms with Gasteiger partial charge in [0.25, 0.3) is 15.9 Å². The zero-order chi connectivity index (χ0) is 13.8. The lowest BCUT2D eigenvalue weighted by molar-refractivity contribution is -0.120. The first kappa shape index (κ1) is 12.6. The number of nitrogens with zero attached hydrogens (tertiary/aromatic N) is 1. The van der Waals surface area contributed by atoms with Crippen LogP contribution in [0.5, 0.6) is 0 Å². The Morgan fingerprint density at radius 1 is 1.32 bits per heavy atom. The van der Waals surface area contributed by atoms with Crippen molar-refractivity contribution in [3.05, 3.63) is 29.3 Å². The predicted octanol–water partition coefficient (Wildman–Crippen LogP) is 0.787. The molecule has 0 aliphatic carbocycles. The average molecular weight is 280 g/mol. The molecule has 0 spiro atoms. The second kappa shape index (κ2) is 3.80. The van der Waals surface area contributed by atoms with Crippen molar-refractivity contribution in [3.63, 3.8) is 0 Å². The molecule has 3 rings (SSSR count). The number of hydrogen-bond donors (Lipinski definition) is 1. The minimum atomic E-state index is -3.57. The third-order valence-corrected chi connectivity index (χ3v) is 6.23. The van der Waals surface area contributed by atoms with Crippen LogP contribution in [0.1, 0.15) is 25.0 Å². The summed E-state index contributed by atoms with van der Waals surface area (Å²) in [4.78, 5) is 12.1. The van der Waals surface area contributed by atoms with Crippen LogP contribution < -0.4 is 9.62 Å². The Labute approximate surface area is 112 Å². The molecule has 1 saturated heterocycles. The van der Waals surface area contributed by atoms with Gasteiger partial charge in [0.1, 0.15) is 0 Å². The Hall–Kier alpha value is -1.40. The van der Waals surface area contributed by atoms with Crippen LogP contribution in [0, 0.1) is 0 Å². The number of hydrogen-bond acceptors (Lipinski definition) is 4. The number of amides is 1. The summed E-state index contributed by atoms with van der Waals surface area (Å²) in [5, 5.41) is 3.24. The predicted molar refractivity (Wildman–Crippen MR) is 72.3 cm³/mol. The molecule has 0 bridgehead atoms. The molecule has 2 aliphatic heterocycles. The van der Waals surface area contributed by atoms with Crippen LogP contribution in [0.4, 0.5) is 5.69 Å². The van der Waals surface area contributed by atoms with Gasteiger partial charge in [-0.2, -0.15) is 0 Å². The molecular weight excluding hydrogens is 264 g/mol. The standard InChI is InChI=1S/C13H16N2O3S/c1-13(2)12(16)15(19(13,17)18)11-5-3-4-9-8-14-7-6-10(9)11/h3-5,14H,6-8H2,1-2H3. The van der Waals surface area contributed by atoms with E-state index in [0.717, 1.165) is 28.4 Å². The summed E-state index contributed by atoms with van der Waals surface area (Å²) in [7, 11) is -3.57. The highest BCUT2D eigenvalue weighted by Gasteiger charge is 2.61. The van der Waals surface area contributed by atoms with Crippen molar-refractivity contribution in [2.24, 2.45) is 0 Å². The molecule has 0 radical (unpaired) electrons. The lowest BCUT2D eigenvalue weighted by Gasteiger charge is -2.44. The molecule has 5 nitrogen and oxygen atoms in total. The number of nitrogens with one attached hydrogen (secondary N) is 1. The van der Waals surface area contributed by atoms with Gasteiger partial charge in [0.15, 0.2) is 4.75 Å². The van der Waals surface area contributed by atoms with E-state index in [2.05, 4.69) is 5.32 Å². The Kier molecular flexibility index (Phi) is 2.53. The zero-order valence-corrected chi connectivity index (χ0v) is 11.8. The van der Waals surface area contributed by atoms with Gasteiger partial charge < -0.3 is 5.32 Å². The highest BCUT2D eigenvalue weighted by Crippen LogP contribution is 2.41. The largest absolute Gasteiger partial charge is 0.312 e. The minimum Gasteiger partial charge on any atom is -0.312 e. The SMILES string of the molecule is CC1(C)C(=O)N(c2cccc3c2CCNC3)S1(=O)=O. The van der Waals surface area contributed by atoms with E-state index in [1.807, 2.05) is 6.07 Å². The van der Waals surface area contributed by atoms with Gasteiger partial charge in [-0.15, -0.1) is 0 Å². The van der Waals surface area contributed by atoms with E-state index in [-0.39, 0.29) is 5.91 Å². The van der Waals surface area contributed by atoms with Crippen LogP contribution in [0.15, 0.2) is 18.2 Å². The second-order valence-corrected chi connectivity index (χ2v) is 7.76. The molecular formula is C13H16N2O3S. The number of fused-ring (bicyclic) bond motifs is 1. The van der Waals surface area contributed by atoms with E-state index in [4.69, 9.17) is 0 Å². The third-order valence-electron chi connectivity index (χ3n) is 3.92. The monoisotopic (exact) mass is 280 g/mol. The van der Waals surface area contributed by atoms with Crippen molar-refractivity contribution >= 4 is 21.6 Å². The van der Waals surface area contributed by atoms with Gasteiger partial charge in [-0.05, 0) is 44.0 Å². The molecule has 0 unspecified atom stereocenters. The van der Waals surface area contributed by atoms with Gasteiger partial charge in [-0.25, -0.2) is 12.7 Å². The van der Waals surface area contributed by atoms with Crippen LogP contribution in [-0.4, -0.2) is 25.6 Å². The molecule has 19 heavy (non-hydrogen) atoms. The highest BCUT2D eigenvalue weighted by molar-refractivity contribution is 7.98. The first-order chi connectivity index (χ1) is 8.87. The molecule has 0 aromatic heterocycles. The Morgan fingerprint density at radius 2 is 2.05 bits per heavy atom. The van der Waals surface area contributed by atoms with Gasteiger partial charge in [-0.3, -0.25) is 4.79 Å². The number of rotatable bonds is 1. The number of anilines is 1. The maximum absolute atomic E-state index is 12.3. The van der Waals surface area contributed by atoms with Crippen LogP contribution in [0.25, 0.3) is 0 Å². The highest BCUT2D eigenvalue weighted by atomic mass is 32.2. The normalized spacial score (nSPS) is 23.7. The molecule has 1 amide bonds. The summed E-state index contributed by atoms with van der Waals surface area (Å²) in [5.74, 6) is -0.348. The fourth-order valence-electron chi connectivity index (χ4n) is 2.59. The second-order valence-electron chi connectivity index (χ2n) is 5.43. The maximum atomic E-state index is 12.3. The number of carbonyl (C=O) groups excluding carboxylic acids is 1. The Bertz CT molecular complexity index is 664. The fourth-order valence-corrected chi connectivity index (χ4v) is 4.11. The molecule has 2 heterocycles. The van der Waals surface area contributed by atoms with E-state index < -0.39 is 14.8 Å². The molecule has 1 N–H and O–H groups in total. The Balaban J connectivity index is 2.13. The molecule has 1 fully saturated rings. The summed E-state index contributed by atoms with van der Waals surface area (Å²) in [6.07, 6.45) is 0.741. The van der Waals surface area contributed by atoms with E-state index in [9.17, 15) is 13.2 Å². The minimum absolute atomic E-state index is 0.348. The molecule has 0 saturated carbocycles. The average Bonchev–Trinajstić information content (AvgIpc) is 2.38. The molecule has 2 aliphatic rings. The lowest BCUT2D eigenvalue weighted by atomic mass is 9.98. The lowest BCUT2D eigenvalue weighted by Crippen LogP contribution is -2.68. The van der Waals surface area contributed by atoms with Gasteiger partial charge in [-0.1, -0.05) is 12.1 Å². The van der Waals surface area contributed by atoms with Crippen molar-refractivity contribution in [1.82, 2.24) is 5.32 Å². The van der Waals surface area contributed by atoms with Gasteiger partial charge in [0, 0.05) is 6.54 Å². The summed E-state index contributed by atoms with van der Waals surface area (Å²) in [5.41, 5.74) is 2.56. The summed E-state index contributed by atoms with van der Waals surface area (Å²) < 4.78 is 24.2. The summed E-state index contributed by atoms with van der Waals surface area (Å²) in [6, 6.07) is 5.48. The van der Waals surface area contributed by atoms with Crippen LogP contribution in [-0.2, 0) is 27.8 Å². The van der Waals surface area contributed by atoms with E-state index in [1.165, 1.54) is 13.8 Å². The van der Waals surface area contributed by atoms with Crippen LogP contribution in [0.3, 0.4) is 0 Å². The third kappa shape index (κ3) is 1.50. The Morgan fingerprint density at radius 3 is 2.74 bits per heavy atom. The van der Waals surface area contributed by atoms with Gasteiger partial charge in [0.05, 0.1) is 5.69 Å².